The van der Waals surface area contributed by atoms with Crippen LogP contribution < -0.4 is 5.73 Å². The first-order chi connectivity index (χ1) is 16.4. The van der Waals surface area contributed by atoms with E-state index >= 15 is 0 Å². The molecule has 12 heteroatoms. The van der Waals surface area contributed by atoms with Gasteiger partial charge in [-0.3, -0.25) is 9.20 Å². The van der Waals surface area contributed by atoms with E-state index in [1.54, 1.807) is 47.1 Å². The number of carbonyl (C=O) groups excluding carboxylic acids is 1. The van der Waals surface area contributed by atoms with Crippen molar-refractivity contribution in [3.05, 3.63) is 66.1 Å². The molecular weight excluding hydrogens is 476 g/mol. The van der Waals surface area contributed by atoms with E-state index in [0.717, 1.165) is 6.07 Å². The summed E-state index contributed by atoms with van der Waals surface area (Å²) in [5, 5.41) is 0. The predicted octanol–water partition coefficient (Wildman–Crippen LogP) is 5.51. The van der Waals surface area contributed by atoms with E-state index in [0.29, 0.717) is 28.0 Å². The van der Waals surface area contributed by atoms with Gasteiger partial charge in [-0.05, 0) is 29.8 Å². The number of hydrogen-bond acceptors (Lipinski definition) is 5. The van der Waals surface area contributed by atoms with Gasteiger partial charge in [-0.25, -0.2) is 15.0 Å². The van der Waals surface area contributed by atoms with Gasteiger partial charge in [-0.2, -0.15) is 26.3 Å². The van der Waals surface area contributed by atoms with E-state index in [2.05, 4.69) is 15.0 Å². The number of nitrogen functional groups attached to an aromatic ring is 1. The summed E-state index contributed by atoms with van der Waals surface area (Å²) in [5.41, 5.74) is 6.87. The molecule has 0 aliphatic heterocycles. The first-order valence-electron chi connectivity index (χ1n) is 10.3. The third-order valence-corrected chi connectivity index (χ3v) is 5.15. The molecule has 2 N–H and O–H groups in total. The molecule has 4 aromatic rings. The lowest BCUT2D eigenvalue weighted by Crippen LogP contribution is -2.12. The standard InChI is InChI=1S/C23H17F6N5O/c24-22(25,26)6-4-16(35)9-13-2-1-3-15(8-13)18-12-31-20-10-14(5-7-34(18)20)17-11-19(23(27,28)29)33-21(30)32-17/h1-3,5,7-8,10-12H,4,6,9H2,(H2,30,32,33). The molecule has 1 aromatic carbocycles. The minimum Gasteiger partial charge on any atom is -0.368 e. The zero-order chi connectivity index (χ0) is 25.4. The van der Waals surface area contributed by atoms with Gasteiger partial charge in [-0.1, -0.05) is 18.2 Å². The first-order valence-corrected chi connectivity index (χ1v) is 10.3. The lowest BCUT2D eigenvalue weighted by Gasteiger charge is -2.10. The average Bonchev–Trinajstić information content (AvgIpc) is 3.20. The second kappa shape index (κ2) is 9.01. The number of anilines is 1. The lowest BCUT2D eigenvalue weighted by molar-refractivity contribution is -0.143. The van der Waals surface area contributed by atoms with Crippen LogP contribution in [0.3, 0.4) is 0 Å². The van der Waals surface area contributed by atoms with Crippen LogP contribution in [-0.2, 0) is 17.4 Å². The zero-order valence-corrected chi connectivity index (χ0v) is 17.9. The fraction of sp³-hybridized carbons (Fsp3) is 0.217. The predicted molar refractivity (Wildman–Crippen MR) is 115 cm³/mol. The number of alkyl halides is 6. The van der Waals surface area contributed by atoms with Crippen molar-refractivity contribution in [1.29, 1.82) is 0 Å². The van der Waals surface area contributed by atoms with Gasteiger partial charge in [0.15, 0.2) is 5.69 Å². The normalized spacial score (nSPS) is 12.3. The summed E-state index contributed by atoms with van der Waals surface area (Å²) in [6.07, 6.45) is -7.83. The number of halogens is 6. The first kappa shape index (κ1) is 24.2. The molecule has 0 saturated carbocycles. The van der Waals surface area contributed by atoms with Crippen molar-refractivity contribution >= 4 is 17.4 Å². The van der Waals surface area contributed by atoms with Gasteiger partial charge in [0.1, 0.15) is 11.4 Å². The van der Waals surface area contributed by atoms with Crippen LogP contribution in [-0.4, -0.2) is 31.3 Å². The molecule has 0 fully saturated rings. The SMILES string of the molecule is Nc1nc(-c2ccn3c(-c4cccc(CC(=O)CCC(F)(F)F)c4)cnc3c2)cc(C(F)(F)F)n1. The number of Topliss-reactive ketones (excluding diaryl/α,β-unsaturated/α-hetero) is 1. The van der Waals surface area contributed by atoms with E-state index in [9.17, 15) is 31.1 Å². The van der Waals surface area contributed by atoms with Gasteiger partial charge in [0, 0.05) is 30.2 Å². The summed E-state index contributed by atoms with van der Waals surface area (Å²) in [5.74, 6) is -1.04. The number of pyridine rings is 1. The molecule has 0 aliphatic carbocycles. The zero-order valence-electron chi connectivity index (χ0n) is 17.9. The number of imidazole rings is 1. The molecule has 0 saturated heterocycles. The van der Waals surface area contributed by atoms with Crippen LogP contribution in [0.2, 0.25) is 0 Å². The van der Waals surface area contributed by atoms with Gasteiger partial charge < -0.3 is 5.73 Å². The minimum absolute atomic E-state index is 0.0174. The van der Waals surface area contributed by atoms with Crippen molar-refractivity contribution in [2.45, 2.75) is 31.6 Å². The summed E-state index contributed by atoms with van der Waals surface area (Å²) in [4.78, 5) is 23.4. The smallest absolute Gasteiger partial charge is 0.368 e. The molecule has 0 bridgehead atoms. The monoisotopic (exact) mass is 493 g/mol. The number of hydrogen-bond donors (Lipinski definition) is 1. The summed E-state index contributed by atoms with van der Waals surface area (Å²) >= 11 is 0. The molecule has 6 nitrogen and oxygen atoms in total. The Bertz CT molecular complexity index is 1390. The summed E-state index contributed by atoms with van der Waals surface area (Å²) in [6, 6.07) is 10.6. The largest absolute Gasteiger partial charge is 0.433 e. The number of benzene rings is 1. The molecule has 0 radical (unpaired) electrons. The highest BCUT2D eigenvalue weighted by Gasteiger charge is 2.33. The van der Waals surface area contributed by atoms with Gasteiger partial charge in [0.2, 0.25) is 5.95 Å². The quantitative estimate of drug-likeness (QED) is 0.358. The Labute approximate surface area is 194 Å². The Kier molecular flexibility index (Phi) is 6.22. The number of ketones is 1. The third-order valence-electron chi connectivity index (χ3n) is 5.15. The van der Waals surface area contributed by atoms with Gasteiger partial charge >= 0.3 is 12.4 Å². The van der Waals surface area contributed by atoms with Gasteiger partial charge in [-0.15, -0.1) is 0 Å². The highest BCUT2D eigenvalue weighted by Crippen LogP contribution is 2.31. The molecule has 0 aliphatic rings. The fourth-order valence-electron chi connectivity index (χ4n) is 3.55. The van der Waals surface area contributed by atoms with E-state index in [1.165, 1.54) is 6.07 Å². The molecule has 0 atom stereocenters. The topological polar surface area (TPSA) is 86.2 Å². The number of rotatable bonds is 6. The summed E-state index contributed by atoms with van der Waals surface area (Å²) < 4.78 is 78.0. The van der Waals surface area contributed by atoms with Crippen molar-refractivity contribution in [3.63, 3.8) is 0 Å². The van der Waals surface area contributed by atoms with Crippen LogP contribution in [0.25, 0.3) is 28.2 Å². The average molecular weight is 493 g/mol. The Hall–Kier alpha value is -3.96. The van der Waals surface area contributed by atoms with Crippen molar-refractivity contribution in [1.82, 2.24) is 19.4 Å². The van der Waals surface area contributed by atoms with Crippen molar-refractivity contribution < 1.29 is 31.1 Å². The maximum Gasteiger partial charge on any atom is 0.433 e. The lowest BCUT2D eigenvalue weighted by atomic mass is 10.0. The maximum absolute atomic E-state index is 13.1. The van der Waals surface area contributed by atoms with Crippen LogP contribution >= 0.6 is 0 Å². The Morgan fingerprint density at radius 1 is 0.971 bits per heavy atom. The number of nitrogens with two attached hydrogens (primary N) is 1. The van der Waals surface area contributed by atoms with Crippen LogP contribution in [0.1, 0.15) is 24.1 Å². The Morgan fingerprint density at radius 2 is 1.74 bits per heavy atom. The third kappa shape index (κ3) is 5.76. The number of fused-ring (bicyclic) bond motifs is 1. The van der Waals surface area contributed by atoms with Crippen LogP contribution in [0.5, 0.6) is 0 Å². The number of carbonyl (C=O) groups is 1. The minimum atomic E-state index is -4.68. The molecule has 0 spiro atoms. The van der Waals surface area contributed by atoms with Crippen molar-refractivity contribution in [3.8, 4) is 22.5 Å². The van der Waals surface area contributed by atoms with Crippen LogP contribution in [0.15, 0.2) is 54.9 Å². The second-order valence-electron chi connectivity index (χ2n) is 7.81. The van der Waals surface area contributed by atoms with E-state index in [-0.39, 0.29) is 12.1 Å². The highest BCUT2D eigenvalue weighted by atomic mass is 19.4. The van der Waals surface area contributed by atoms with Crippen LogP contribution in [0.4, 0.5) is 32.3 Å². The second-order valence-corrected chi connectivity index (χ2v) is 7.81. The van der Waals surface area contributed by atoms with Crippen molar-refractivity contribution in [2.24, 2.45) is 0 Å². The molecular formula is C23H17F6N5O. The summed E-state index contributed by atoms with van der Waals surface area (Å²) in [6.45, 7) is 0. The molecule has 182 valence electrons. The maximum atomic E-state index is 13.1. The van der Waals surface area contributed by atoms with Gasteiger partial charge in [0.25, 0.3) is 0 Å². The molecule has 0 unspecified atom stereocenters. The molecule has 3 heterocycles. The Morgan fingerprint density at radius 3 is 2.46 bits per heavy atom. The van der Waals surface area contributed by atoms with Gasteiger partial charge in [0.05, 0.1) is 24.0 Å². The van der Waals surface area contributed by atoms with Crippen LogP contribution in [0, 0.1) is 0 Å². The fourth-order valence-corrected chi connectivity index (χ4v) is 3.55. The van der Waals surface area contributed by atoms with Crippen molar-refractivity contribution in [2.75, 3.05) is 5.73 Å². The Balaban J connectivity index is 1.61. The highest BCUT2D eigenvalue weighted by molar-refractivity contribution is 5.81. The van der Waals surface area contributed by atoms with E-state index < -0.39 is 42.6 Å². The molecule has 3 aromatic heterocycles. The molecule has 4 rings (SSSR count). The summed E-state index contributed by atoms with van der Waals surface area (Å²) in [7, 11) is 0. The number of nitrogens with zero attached hydrogens (tertiary/aromatic N) is 4. The molecule has 35 heavy (non-hydrogen) atoms. The van der Waals surface area contributed by atoms with E-state index in [1.807, 2.05) is 0 Å². The number of aromatic nitrogens is 4. The molecule has 0 amide bonds. The van der Waals surface area contributed by atoms with E-state index in [4.69, 9.17) is 5.73 Å².